The van der Waals surface area contributed by atoms with Crippen LogP contribution < -0.4 is 4.90 Å². The van der Waals surface area contributed by atoms with Crippen LogP contribution in [0.15, 0.2) is 47.4 Å². The van der Waals surface area contributed by atoms with E-state index in [1.165, 1.54) is 5.56 Å². The molecule has 0 N–H and O–H groups in total. The number of nitrogens with zero attached hydrogens (tertiary/aromatic N) is 1. The third kappa shape index (κ3) is 2.36. The second kappa shape index (κ2) is 5.20. The molecule has 0 saturated heterocycles. The molecule has 2 aromatic rings. The normalized spacial score (nSPS) is 18.3. The summed E-state index contributed by atoms with van der Waals surface area (Å²) in [6.07, 6.45) is 2.20. The largest absolute Gasteiger partial charge is 0.308 e. The number of aryl methyl sites for hydroxylation is 1. The van der Waals surface area contributed by atoms with Gasteiger partial charge in [0, 0.05) is 17.8 Å². The molecule has 2 heterocycles. The number of benzene rings is 2. The van der Waals surface area contributed by atoms with E-state index in [0.29, 0.717) is 29.8 Å². The number of sulfone groups is 1. The molecule has 2 aliphatic heterocycles. The van der Waals surface area contributed by atoms with E-state index in [0.717, 1.165) is 17.7 Å². The van der Waals surface area contributed by atoms with E-state index in [-0.39, 0.29) is 11.7 Å². The van der Waals surface area contributed by atoms with Gasteiger partial charge in [-0.1, -0.05) is 18.2 Å². The minimum atomic E-state index is -3.18. The highest BCUT2D eigenvalue weighted by molar-refractivity contribution is 7.91. The number of hydrogen-bond donors (Lipinski definition) is 0. The Balaban J connectivity index is 1.71. The standard InChI is InChI=1S/C18H17NO3S/c20-18(19-10-9-13-4-1-2-6-16(13)19)15-7-8-17-14(12-15)5-3-11-23(17,21)22/h1-2,4,6-8,12H,3,5,9-11H2. The van der Waals surface area contributed by atoms with Crippen LogP contribution >= 0.6 is 0 Å². The first kappa shape index (κ1) is 14.5. The van der Waals surface area contributed by atoms with Crippen molar-refractivity contribution >= 4 is 21.4 Å². The molecule has 5 heteroatoms. The quantitative estimate of drug-likeness (QED) is 0.809. The van der Waals surface area contributed by atoms with Crippen molar-refractivity contribution < 1.29 is 13.2 Å². The molecule has 4 rings (SSSR count). The topological polar surface area (TPSA) is 54.5 Å². The molecule has 0 aromatic heterocycles. The first-order valence-corrected chi connectivity index (χ1v) is 9.47. The summed E-state index contributed by atoms with van der Waals surface area (Å²) >= 11 is 0. The molecule has 2 aliphatic rings. The van der Waals surface area contributed by atoms with Gasteiger partial charge in [-0.15, -0.1) is 0 Å². The SMILES string of the molecule is O=C(c1ccc2c(c1)CCCS2(=O)=O)N1CCc2ccccc21. The van der Waals surface area contributed by atoms with Gasteiger partial charge in [0.05, 0.1) is 10.6 Å². The number of rotatable bonds is 1. The Hall–Kier alpha value is -2.14. The van der Waals surface area contributed by atoms with Crippen molar-refractivity contribution in [2.45, 2.75) is 24.2 Å². The monoisotopic (exact) mass is 327 g/mol. The molecule has 4 nitrogen and oxygen atoms in total. The zero-order valence-corrected chi connectivity index (χ0v) is 13.5. The molecule has 0 unspecified atom stereocenters. The Kier molecular flexibility index (Phi) is 3.27. The second-order valence-electron chi connectivity index (χ2n) is 6.08. The van der Waals surface area contributed by atoms with Gasteiger partial charge in [0.2, 0.25) is 0 Å². The van der Waals surface area contributed by atoms with Crippen LogP contribution in [0.5, 0.6) is 0 Å². The lowest BCUT2D eigenvalue weighted by molar-refractivity contribution is 0.0989. The van der Waals surface area contributed by atoms with Crippen molar-refractivity contribution in [1.82, 2.24) is 0 Å². The first-order chi connectivity index (χ1) is 11.1. The Morgan fingerprint density at radius 2 is 1.83 bits per heavy atom. The van der Waals surface area contributed by atoms with Crippen molar-refractivity contribution in [2.75, 3.05) is 17.2 Å². The van der Waals surface area contributed by atoms with Crippen LogP contribution in [0.4, 0.5) is 5.69 Å². The molecule has 23 heavy (non-hydrogen) atoms. The maximum Gasteiger partial charge on any atom is 0.258 e. The van der Waals surface area contributed by atoms with E-state index >= 15 is 0 Å². The fourth-order valence-electron chi connectivity index (χ4n) is 3.48. The number of para-hydroxylation sites is 1. The molecule has 0 spiro atoms. The molecule has 1 amide bonds. The average Bonchev–Trinajstić information content (AvgIpc) is 2.97. The maximum absolute atomic E-state index is 12.8. The van der Waals surface area contributed by atoms with Crippen LogP contribution in [0.1, 0.15) is 27.9 Å². The minimum absolute atomic E-state index is 0.0549. The molecule has 0 bridgehead atoms. The van der Waals surface area contributed by atoms with Crippen LogP contribution in [0.3, 0.4) is 0 Å². The molecular weight excluding hydrogens is 310 g/mol. The molecule has 0 fully saturated rings. The zero-order valence-electron chi connectivity index (χ0n) is 12.7. The number of amides is 1. The summed E-state index contributed by atoms with van der Waals surface area (Å²) in [6, 6.07) is 12.9. The van der Waals surface area contributed by atoms with Crippen LogP contribution in [0, 0.1) is 0 Å². The van der Waals surface area contributed by atoms with E-state index in [2.05, 4.69) is 0 Å². The number of carbonyl (C=O) groups excluding carboxylic acids is 1. The number of hydrogen-bond acceptors (Lipinski definition) is 3. The summed E-state index contributed by atoms with van der Waals surface area (Å²) in [5, 5.41) is 0. The first-order valence-electron chi connectivity index (χ1n) is 7.82. The van der Waals surface area contributed by atoms with E-state index in [9.17, 15) is 13.2 Å². The van der Waals surface area contributed by atoms with Gasteiger partial charge in [-0.2, -0.15) is 0 Å². The summed E-state index contributed by atoms with van der Waals surface area (Å²) < 4.78 is 24.2. The van der Waals surface area contributed by atoms with Gasteiger partial charge in [0.15, 0.2) is 9.84 Å². The lowest BCUT2D eigenvalue weighted by Gasteiger charge is -2.20. The minimum Gasteiger partial charge on any atom is -0.308 e. The third-order valence-corrected chi connectivity index (χ3v) is 6.53. The summed E-state index contributed by atoms with van der Waals surface area (Å²) in [6.45, 7) is 0.674. The summed E-state index contributed by atoms with van der Waals surface area (Å²) in [7, 11) is -3.18. The van der Waals surface area contributed by atoms with Gasteiger partial charge in [-0.25, -0.2) is 8.42 Å². The van der Waals surface area contributed by atoms with Crippen molar-refractivity contribution in [2.24, 2.45) is 0 Å². The van der Waals surface area contributed by atoms with Gasteiger partial charge in [-0.05, 0) is 54.7 Å². The fourth-order valence-corrected chi connectivity index (χ4v) is 5.06. The van der Waals surface area contributed by atoms with E-state index in [1.54, 1.807) is 23.1 Å². The second-order valence-corrected chi connectivity index (χ2v) is 8.16. The molecule has 0 radical (unpaired) electrons. The summed E-state index contributed by atoms with van der Waals surface area (Å²) in [5.74, 6) is 0.146. The fraction of sp³-hybridized carbons (Fsp3) is 0.278. The van der Waals surface area contributed by atoms with E-state index in [4.69, 9.17) is 0 Å². The van der Waals surface area contributed by atoms with Gasteiger partial charge >= 0.3 is 0 Å². The summed E-state index contributed by atoms with van der Waals surface area (Å²) in [4.78, 5) is 15.0. The molecule has 118 valence electrons. The van der Waals surface area contributed by atoms with Crippen LogP contribution in [-0.2, 0) is 22.7 Å². The molecule has 0 saturated carbocycles. The van der Waals surface area contributed by atoms with Crippen molar-refractivity contribution in [3.63, 3.8) is 0 Å². The Labute approximate surface area is 135 Å². The number of carbonyl (C=O) groups is 1. The smallest absolute Gasteiger partial charge is 0.258 e. The number of fused-ring (bicyclic) bond motifs is 2. The lowest BCUT2D eigenvalue weighted by atomic mass is 10.1. The zero-order chi connectivity index (χ0) is 16.0. The summed E-state index contributed by atoms with van der Waals surface area (Å²) in [5.41, 5.74) is 3.48. The van der Waals surface area contributed by atoms with Gasteiger partial charge < -0.3 is 4.90 Å². The molecular formula is C18H17NO3S. The Bertz CT molecular complexity index is 902. The van der Waals surface area contributed by atoms with Crippen LogP contribution in [-0.4, -0.2) is 26.6 Å². The number of anilines is 1. The van der Waals surface area contributed by atoms with Crippen LogP contribution in [0.25, 0.3) is 0 Å². The lowest BCUT2D eigenvalue weighted by Crippen LogP contribution is -2.29. The predicted molar refractivity (Wildman–Crippen MR) is 88.6 cm³/mol. The van der Waals surface area contributed by atoms with Gasteiger partial charge in [0.1, 0.15) is 0 Å². The van der Waals surface area contributed by atoms with Gasteiger partial charge in [0.25, 0.3) is 5.91 Å². The molecule has 0 atom stereocenters. The van der Waals surface area contributed by atoms with E-state index < -0.39 is 9.84 Å². The molecule has 0 aliphatic carbocycles. The van der Waals surface area contributed by atoms with Gasteiger partial charge in [-0.3, -0.25) is 4.79 Å². The molecule has 2 aromatic carbocycles. The maximum atomic E-state index is 12.8. The Morgan fingerprint density at radius 3 is 2.70 bits per heavy atom. The van der Waals surface area contributed by atoms with Crippen LogP contribution in [0.2, 0.25) is 0 Å². The predicted octanol–water partition coefficient (Wildman–Crippen LogP) is 2.61. The van der Waals surface area contributed by atoms with E-state index in [1.807, 2.05) is 24.3 Å². The highest BCUT2D eigenvalue weighted by Crippen LogP contribution is 2.30. The third-order valence-electron chi connectivity index (χ3n) is 4.63. The van der Waals surface area contributed by atoms with Crippen molar-refractivity contribution in [3.8, 4) is 0 Å². The Morgan fingerprint density at radius 1 is 1.00 bits per heavy atom. The highest BCUT2D eigenvalue weighted by Gasteiger charge is 2.28. The van der Waals surface area contributed by atoms with Crippen molar-refractivity contribution in [1.29, 1.82) is 0 Å². The average molecular weight is 327 g/mol. The highest BCUT2D eigenvalue weighted by atomic mass is 32.2. The van der Waals surface area contributed by atoms with Crippen molar-refractivity contribution in [3.05, 3.63) is 59.2 Å².